The number of carbonyl (C=O) groups excluding carboxylic acids is 2. The monoisotopic (exact) mass is 567 g/mol. The first-order chi connectivity index (χ1) is 16.5. The number of rotatable bonds is 12. The van der Waals surface area contributed by atoms with Crippen LogP contribution in [0.5, 0.6) is 5.75 Å². The highest BCUT2D eigenvalue weighted by molar-refractivity contribution is 9.10. The van der Waals surface area contributed by atoms with Crippen LogP contribution < -0.4 is 14.4 Å². The molecule has 1 N–H and O–H groups in total. The van der Waals surface area contributed by atoms with Crippen LogP contribution >= 0.6 is 15.9 Å². The van der Waals surface area contributed by atoms with Crippen LogP contribution in [0.1, 0.15) is 39.2 Å². The maximum atomic E-state index is 13.7. The minimum absolute atomic E-state index is 0.0550. The van der Waals surface area contributed by atoms with Crippen molar-refractivity contribution >= 4 is 43.5 Å². The fraction of sp³-hybridized carbons (Fsp3) is 0.440. The Morgan fingerprint density at radius 2 is 1.74 bits per heavy atom. The molecule has 192 valence electrons. The number of hydrogen-bond acceptors (Lipinski definition) is 5. The van der Waals surface area contributed by atoms with Crippen LogP contribution in [0, 0.1) is 0 Å². The summed E-state index contributed by atoms with van der Waals surface area (Å²) in [6, 6.07) is 13.1. The number of amides is 2. The Balaban J connectivity index is 2.44. The summed E-state index contributed by atoms with van der Waals surface area (Å²) in [5, 5.41) is 2.95. The fourth-order valence-corrected chi connectivity index (χ4v) is 4.66. The van der Waals surface area contributed by atoms with Gasteiger partial charge in [-0.1, -0.05) is 41.9 Å². The molecule has 8 nitrogen and oxygen atoms in total. The molecule has 0 bridgehead atoms. The van der Waals surface area contributed by atoms with Crippen LogP contribution in [0.3, 0.4) is 0 Å². The molecular formula is C25H34BrN3O5S. The van der Waals surface area contributed by atoms with Crippen molar-refractivity contribution in [2.45, 2.75) is 52.2 Å². The number of hydrogen-bond donors (Lipinski definition) is 1. The van der Waals surface area contributed by atoms with E-state index in [1.807, 2.05) is 32.9 Å². The molecule has 0 aliphatic carbocycles. The highest BCUT2D eigenvalue weighted by Crippen LogP contribution is 2.23. The zero-order valence-electron chi connectivity index (χ0n) is 20.8. The van der Waals surface area contributed by atoms with Crippen LogP contribution in [-0.2, 0) is 26.2 Å². The quantitative estimate of drug-likeness (QED) is 0.419. The molecule has 0 aliphatic rings. The van der Waals surface area contributed by atoms with E-state index in [4.69, 9.17) is 4.74 Å². The Labute approximate surface area is 216 Å². The Hall–Kier alpha value is -2.59. The number of anilines is 1. The van der Waals surface area contributed by atoms with Gasteiger partial charge in [0.15, 0.2) is 0 Å². The molecule has 2 amide bonds. The van der Waals surface area contributed by atoms with Crippen molar-refractivity contribution in [3.05, 3.63) is 58.6 Å². The molecule has 0 saturated heterocycles. The Morgan fingerprint density at radius 3 is 2.29 bits per heavy atom. The molecule has 2 atom stereocenters. The van der Waals surface area contributed by atoms with Crippen molar-refractivity contribution in [3.8, 4) is 5.75 Å². The molecule has 35 heavy (non-hydrogen) atoms. The maximum Gasteiger partial charge on any atom is 0.244 e. The van der Waals surface area contributed by atoms with Gasteiger partial charge in [0.05, 0.1) is 19.1 Å². The van der Waals surface area contributed by atoms with Crippen molar-refractivity contribution in [3.63, 3.8) is 0 Å². The van der Waals surface area contributed by atoms with Gasteiger partial charge in [0.1, 0.15) is 18.3 Å². The molecule has 0 fully saturated rings. The number of benzene rings is 2. The van der Waals surface area contributed by atoms with E-state index in [2.05, 4.69) is 21.2 Å². The summed E-state index contributed by atoms with van der Waals surface area (Å²) in [6.07, 6.45) is 2.17. The first-order valence-electron chi connectivity index (χ1n) is 11.5. The lowest BCUT2D eigenvalue weighted by Gasteiger charge is -2.33. The van der Waals surface area contributed by atoms with E-state index in [-0.39, 0.29) is 18.5 Å². The number of carbonyl (C=O) groups is 2. The number of nitrogens with one attached hydrogen (secondary N) is 1. The van der Waals surface area contributed by atoms with Crippen molar-refractivity contribution in [2.75, 3.05) is 24.2 Å². The second kappa shape index (κ2) is 12.9. The van der Waals surface area contributed by atoms with Crippen LogP contribution in [0.25, 0.3) is 0 Å². The number of sulfonamides is 1. The lowest BCUT2D eigenvalue weighted by Crippen LogP contribution is -2.53. The second-order valence-electron chi connectivity index (χ2n) is 8.36. The lowest BCUT2D eigenvalue weighted by molar-refractivity contribution is -0.140. The number of ether oxygens (including phenoxy) is 1. The first-order valence-corrected chi connectivity index (χ1v) is 14.1. The average molecular weight is 569 g/mol. The van der Waals surface area contributed by atoms with Crippen molar-refractivity contribution < 1.29 is 22.7 Å². The Kier molecular flexibility index (Phi) is 10.6. The van der Waals surface area contributed by atoms with Gasteiger partial charge >= 0.3 is 0 Å². The van der Waals surface area contributed by atoms with Gasteiger partial charge in [-0.2, -0.15) is 0 Å². The lowest BCUT2D eigenvalue weighted by atomic mass is 10.1. The molecule has 0 aliphatic heterocycles. The van der Waals surface area contributed by atoms with Crippen LogP contribution in [0.2, 0.25) is 0 Å². The average Bonchev–Trinajstić information content (AvgIpc) is 2.82. The van der Waals surface area contributed by atoms with Crippen LogP contribution in [0.15, 0.2) is 53.0 Å². The predicted molar refractivity (Wildman–Crippen MR) is 142 cm³/mol. The number of halogens is 1. The van der Waals surface area contributed by atoms with Gasteiger partial charge in [-0.25, -0.2) is 8.42 Å². The topological polar surface area (TPSA) is 96.0 Å². The first kappa shape index (κ1) is 28.6. The van der Waals surface area contributed by atoms with E-state index in [9.17, 15) is 18.0 Å². The normalized spacial score (nSPS) is 13.0. The molecular weight excluding hydrogens is 534 g/mol. The summed E-state index contributed by atoms with van der Waals surface area (Å²) < 4.78 is 32.4. The van der Waals surface area contributed by atoms with E-state index in [1.54, 1.807) is 43.5 Å². The summed E-state index contributed by atoms with van der Waals surface area (Å²) in [4.78, 5) is 28.2. The second-order valence-corrected chi connectivity index (χ2v) is 11.2. The maximum absolute atomic E-state index is 13.7. The molecule has 10 heteroatoms. The fourth-order valence-electron chi connectivity index (χ4n) is 3.55. The Morgan fingerprint density at radius 1 is 1.09 bits per heavy atom. The third-order valence-corrected chi connectivity index (χ3v) is 7.34. The van der Waals surface area contributed by atoms with Gasteiger partial charge in [-0.15, -0.1) is 0 Å². The molecule has 0 heterocycles. The van der Waals surface area contributed by atoms with Gasteiger partial charge in [0, 0.05) is 17.1 Å². The standard InChI is InChI=1S/C25H34BrN3O5S/c1-6-18(3)27-25(31)23(7-2)28(16-19-9-8-10-22(15-19)34-4)24(30)17-29(35(5,32)33)21-13-11-20(26)12-14-21/h8-15,18,23H,6-7,16-17H2,1-5H3,(H,27,31). The number of nitrogens with zero attached hydrogens (tertiary/aromatic N) is 2. The van der Waals surface area contributed by atoms with E-state index >= 15 is 0 Å². The van der Waals surface area contributed by atoms with Crippen LogP contribution in [0.4, 0.5) is 5.69 Å². The van der Waals surface area contributed by atoms with Crippen molar-refractivity contribution in [2.24, 2.45) is 0 Å². The molecule has 2 aromatic rings. The Bertz CT molecular complexity index is 1110. The molecule has 0 saturated carbocycles. The van der Waals surface area contributed by atoms with Crippen molar-refractivity contribution in [1.29, 1.82) is 0 Å². The van der Waals surface area contributed by atoms with E-state index in [1.165, 1.54) is 4.90 Å². The summed E-state index contributed by atoms with van der Waals surface area (Å²) >= 11 is 3.34. The highest BCUT2D eigenvalue weighted by Gasteiger charge is 2.32. The van der Waals surface area contributed by atoms with E-state index in [0.717, 1.165) is 27.0 Å². The van der Waals surface area contributed by atoms with Gasteiger partial charge in [-0.3, -0.25) is 13.9 Å². The van der Waals surface area contributed by atoms with Gasteiger partial charge < -0.3 is 15.0 Å². The molecule has 0 radical (unpaired) electrons. The zero-order valence-corrected chi connectivity index (χ0v) is 23.2. The minimum Gasteiger partial charge on any atom is -0.497 e. The molecule has 2 rings (SSSR count). The summed E-state index contributed by atoms with van der Waals surface area (Å²) in [5.41, 5.74) is 1.13. The SMILES string of the molecule is CCC(C)NC(=O)C(CC)N(Cc1cccc(OC)c1)C(=O)CN(c1ccc(Br)cc1)S(C)(=O)=O. The predicted octanol–water partition coefficient (Wildman–Crippen LogP) is 3.95. The largest absolute Gasteiger partial charge is 0.497 e. The highest BCUT2D eigenvalue weighted by atomic mass is 79.9. The number of methoxy groups -OCH3 is 1. The molecule has 2 aromatic carbocycles. The smallest absolute Gasteiger partial charge is 0.244 e. The van der Waals surface area contributed by atoms with Crippen molar-refractivity contribution in [1.82, 2.24) is 10.2 Å². The van der Waals surface area contributed by atoms with E-state index < -0.39 is 28.5 Å². The molecule has 0 spiro atoms. The minimum atomic E-state index is -3.77. The van der Waals surface area contributed by atoms with Gasteiger partial charge in [0.2, 0.25) is 21.8 Å². The molecule has 2 unspecified atom stereocenters. The summed E-state index contributed by atoms with van der Waals surface area (Å²) in [7, 11) is -2.21. The third kappa shape index (κ3) is 8.24. The van der Waals surface area contributed by atoms with Gasteiger partial charge in [0.25, 0.3) is 0 Å². The van der Waals surface area contributed by atoms with E-state index in [0.29, 0.717) is 17.9 Å². The van der Waals surface area contributed by atoms with Crippen LogP contribution in [-0.4, -0.2) is 57.1 Å². The zero-order chi connectivity index (χ0) is 26.2. The summed E-state index contributed by atoms with van der Waals surface area (Å²) in [6.45, 7) is 5.39. The summed E-state index contributed by atoms with van der Waals surface area (Å²) in [5.74, 6) is -0.125. The third-order valence-electron chi connectivity index (χ3n) is 5.67. The molecule has 0 aromatic heterocycles. The van der Waals surface area contributed by atoms with Gasteiger partial charge in [-0.05, 0) is 61.7 Å².